The third kappa shape index (κ3) is 3.79. The van der Waals surface area contributed by atoms with Gasteiger partial charge in [0.1, 0.15) is 0 Å². The predicted molar refractivity (Wildman–Crippen MR) is 74.5 cm³/mol. The van der Waals surface area contributed by atoms with Crippen molar-refractivity contribution in [3.63, 3.8) is 0 Å². The Hall–Kier alpha value is -1.99. The molecule has 4 nitrogen and oxygen atoms in total. The fraction of sp³-hybridized carbons (Fsp3) is 0.357. The summed E-state index contributed by atoms with van der Waals surface area (Å²) in [7, 11) is 3.42. The third-order valence-corrected chi connectivity index (χ3v) is 2.47. The number of nitrogens with two attached hydrogens (primary N) is 1. The number of hydrogen-bond acceptors (Lipinski definition) is 2. The maximum absolute atomic E-state index is 11.6. The predicted octanol–water partition coefficient (Wildman–Crippen LogP) is 1.65. The average Bonchev–Trinajstić information content (AvgIpc) is 2.37. The van der Waals surface area contributed by atoms with Gasteiger partial charge < -0.3 is 16.0 Å². The zero-order chi connectivity index (χ0) is 13.5. The van der Waals surface area contributed by atoms with Gasteiger partial charge in [-0.05, 0) is 30.2 Å². The number of hydrogen-bond donors (Lipinski definition) is 2. The normalized spacial score (nSPS) is 9.33. The lowest BCUT2D eigenvalue weighted by Crippen LogP contribution is -2.27. The van der Waals surface area contributed by atoms with Gasteiger partial charge in [-0.15, -0.1) is 0 Å². The second kappa shape index (κ2) is 6.67. The van der Waals surface area contributed by atoms with Crippen LogP contribution in [-0.4, -0.2) is 31.6 Å². The van der Waals surface area contributed by atoms with E-state index in [-0.39, 0.29) is 6.03 Å². The summed E-state index contributed by atoms with van der Waals surface area (Å²) in [5, 5.41) is 2.86. The van der Waals surface area contributed by atoms with Crippen LogP contribution in [0.5, 0.6) is 0 Å². The molecule has 0 atom stereocenters. The fourth-order valence-corrected chi connectivity index (χ4v) is 1.47. The van der Waals surface area contributed by atoms with Crippen molar-refractivity contribution >= 4 is 11.7 Å². The minimum Gasteiger partial charge on any atom is -0.331 e. The number of amides is 2. The SMILES string of the molecule is CCc1cc(C#CCN)ccc1NC(=O)N(C)C. The number of carbonyl (C=O) groups excluding carboxylic acids is 1. The van der Waals surface area contributed by atoms with Crippen molar-refractivity contribution in [1.82, 2.24) is 4.90 Å². The maximum atomic E-state index is 11.6. The molecular weight excluding hydrogens is 226 g/mol. The molecule has 96 valence electrons. The number of anilines is 1. The molecule has 0 heterocycles. The summed E-state index contributed by atoms with van der Waals surface area (Å²) in [4.78, 5) is 13.1. The molecule has 0 spiro atoms. The van der Waals surface area contributed by atoms with Crippen LogP contribution in [0.1, 0.15) is 18.1 Å². The Balaban J connectivity index is 2.96. The third-order valence-electron chi connectivity index (χ3n) is 2.47. The molecule has 1 aromatic rings. The summed E-state index contributed by atoms with van der Waals surface area (Å²) in [6.45, 7) is 2.39. The molecule has 3 N–H and O–H groups in total. The lowest BCUT2D eigenvalue weighted by molar-refractivity contribution is 0.230. The second-order valence-electron chi connectivity index (χ2n) is 4.06. The summed E-state index contributed by atoms with van der Waals surface area (Å²) >= 11 is 0. The smallest absolute Gasteiger partial charge is 0.321 e. The Kier molecular flexibility index (Phi) is 5.22. The summed E-state index contributed by atoms with van der Waals surface area (Å²) in [5.41, 5.74) is 8.15. The lowest BCUT2D eigenvalue weighted by Gasteiger charge is -2.14. The summed E-state index contributed by atoms with van der Waals surface area (Å²) in [5.74, 6) is 5.80. The van der Waals surface area contributed by atoms with Crippen LogP contribution >= 0.6 is 0 Å². The highest BCUT2D eigenvalue weighted by Gasteiger charge is 2.07. The molecule has 2 amide bonds. The molecular formula is C14H19N3O. The number of urea groups is 1. The number of rotatable bonds is 2. The Bertz CT molecular complexity index is 484. The second-order valence-corrected chi connectivity index (χ2v) is 4.06. The van der Waals surface area contributed by atoms with Crippen molar-refractivity contribution < 1.29 is 4.79 Å². The molecule has 0 aliphatic rings. The lowest BCUT2D eigenvalue weighted by atomic mass is 10.1. The van der Waals surface area contributed by atoms with Crippen molar-refractivity contribution in [3.8, 4) is 11.8 Å². The molecule has 0 unspecified atom stereocenters. The molecule has 0 aliphatic heterocycles. The van der Waals surface area contributed by atoms with E-state index in [1.807, 2.05) is 25.1 Å². The fourth-order valence-electron chi connectivity index (χ4n) is 1.47. The van der Waals surface area contributed by atoms with Crippen LogP contribution in [0.25, 0.3) is 0 Å². The van der Waals surface area contributed by atoms with E-state index in [1.165, 1.54) is 4.90 Å². The van der Waals surface area contributed by atoms with E-state index >= 15 is 0 Å². The minimum absolute atomic E-state index is 0.134. The van der Waals surface area contributed by atoms with Crippen molar-refractivity contribution in [3.05, 3.63) is 29.3 Å². The highest BCUT2D eigenvalue weighted by Crippen LogP contribution is 2.18. The van der Waals surface area contributed by atoms with Gasteiger partial charge >= 0.3 is 6.03 Å². The first-order valence-corrected chi connectivity index (χ1v) is 5.88. The van der Waals surface area contributed by atoms with E-state index in [2.05, 4.69) is 17.2 Å². The first-order chi connectivity index (χ1) is 8.58. The molecule has 0 fully saturated rings. The Morgan fingerprint density at radius 3 is 2.72 bits per heavy atom. The highest BCUT2D eigenvalue weighted by molar-refractivity contribution is 5.89. The van der Waals surface area contributed by atoms with E-state index in [4.69, 9.17) is 5.73 Å². The summed E-state index contributed by atoms with van der Waals surface area (Å²) in [6.07, 6.45) is 0.835. The van der Waals surface area contributed by atoms with Crippen LogP contribution in [0.15, 0.2) is 18.2 Å². The largest absolute Gasteiger partial charge is 0.331 e. The van der Waals surface area contributed by atoms with Gasteiger partial charge in [-0.25, -0.2) is 4.79 Å². The maximum Gasteiger partial charge on any atom is 0.321 e. The van der Waals surface area contributed by atoms with E-state index < -0.39 is 0 Å². The van der Waals surface area contributed by atoms with Gasteiger partial charge in [0.05, 0.1) is 6.54 Å². The molecule has 1 aromatic carbocycles. The van der Waals surface area contributed by atoms with Crippen molar-refractivity contribution in [2.24, 2.45) is 5.73 Å². The average molecular weight is 245 g/mol. The van der Waals surface area contributed by atoms with Crippen molar-refractivity contribution in [2.75, 3.05) is 26.0 Å². The molecule has 0 bridgehead atoms. The van der Waals surface area contributed by atoms with Crippen LogP contribution in [0.3, 0.4) is 0 Å². The van der Waals surface area contributed by atoms with Gasteiger partial charge in [0, 0.05) is 25.3 Å². The molecule has 0 aliphatic carbocycles. The summed E-state index contributed by atoms with van der Waals surface area (Å²) < 4.78 is 0. The molecule has 1 rings (SSSR count). The Morgan fingerprint density at radius 1 is 1.44 bits per heavy atom. The van der Waals surface area contributed by atoms with Gasteiger partial charge in [-0.1, -0.05) is 18.8 Å². The Labute approximate surface area is 108 Å². The van der Waals surface area contributed by atoms with Crippen LogP contribution in [0.4, 0.5) is 10.5 Å². The van der Waals surface area contributed by atoms with E-state index in [9.17, 15) is 4.79 Å². The number of carbonyl (C=O) groups is 1. The first kappa shape index (κ1) is 14.1. The Morgan fingerprint density at radius 2 is 2.17 bits per heavy atom. The molecule has 0 saturated carbocycles. The summed E-state index contributed by atoms with van der Waals surface area (Å²) in [6, 6.07) is 5.60. The monoisotopic (exact) mass is 245 g/mol. The molecule has 0 saturated heterocycles. The number of nitrogens with one attached hydrogen (secondary N) is 1. The van der Waals surface area contributed by atoms with E-state index in [0.29, 0.717) is 6.54 Å². The van der Waals surface area contributed by atoms with Crippen LogP contribution in [0, 0.1) is 11.8 Å². The van der Waals surface area contributed by atoms with E-state index in [1.54, 1.807) is 14.1 Å². The van der Waals surface area contributed by atoms with Crippen LogP contribution < -0.4 is 11.1 Å². The number of nitrogens with zero attached hydrogens (tertiary/aromatic N) is 1. The van der Waals surface area contributed by atoms with Crippen LogP contribution in [-0.2, 0) is 6.42 Å². The quantitative estimate of drug-likeness (QED) is 0.778. The number of benzene rings is 1. The van der Waals surface area contributed by atoms with Gasteiger partial charge in [0.25, 0.3) is 0 Å². The van der Waals surface area contributed by atoms with Crippen molar-refractivity contribution in [2.45, 2.75) is 13.3 Å². The first-order valence-electron chi connectivity index (χ1n) is 5.88. The number of aryl methyl sites for hydroxylation is 1. The van der Waals surface area contributed by atoms with Gasteiger partial charge in [-0.2, -0.15) is 0 Å². The van der Waals surface area contributed by atoms with Gasteiger partial charge in [0.15, 0.2) is 0 Å². The van der Waals surface area contributed by atoms with Crippen LogP contribution in [0.2, 0.25) is 0 Å². The molecule has 4 heteroatoms. The molecule has 0 radical (unpaired) electrons. The highest BCUT2D eigenvalue weighted by atomic mass is 16.2. The topological polar surface area (TPSA) is 58.4 Å². The zero-order valence-electron chi connectivity index (χ0n) is 11.1. The van der Waals surface area contributed by atoms with Crippen molar-refractivity contribution in [1.29, 1.82) is 0 Å². The molecule has 18 heavy (non-hydrogen) atoms. The van der Waals surface area contributed by atoms with E-state index in [0.717, 1.165) is 23.2 Å². The van der Waals surface area contributed by atoms with Gasteiger partial charge in [0.2, 0.25) is 0 Å². The molecule has 0 aromatic heterocycles. The van der Waals surface area contributed by atoms with Gasteiger partial charge in [-0.3, -0.25) is 0 Å². The standard InChI is InChI=1S/C14H19N3O/c1-4-12-10-11(6-5-9-15)7-8-13(12)16-14(18)17(2)3/h7-8,10H,4,9,15H2,1-3H3,(H,16,18). The zero-order valence-corrected chi connectivity index (χ0v) is 11.1. The minimum atomic E-state index is -0.134.